The molecule has 0 unspecified atom stereocenters. The molecule has 0 atom stereocenters. The molecule has 0 bridgehead atoms. The van der Waals surface area contributed by atoms with Gasteiger partial charge in [0, 0.05) is 30.1 Å². The number of carbonyl (C=O) groups is 3. The van der Waals surface area contributed by atoms with Crippen LogP contribution in [0.1, 0.15) is 49.9 Å². The summed E-state index contributed by atoms with van der Waals surface area (Å²) in [7, 11) is 0. The van der Waals surface area contributed by atoms with Crippen molar-refractivity contribution in [3.8, 4) is 0 Å². The van der Waals surface area contributed by atoms with E-state index in [1.807, 2.05) is 0 Å². The van der Waals surface area contributed by atoms with Crippen LogP contribution < -0.4 is 10.6 Å². The number of nitrogens with one attached hydrogen (secondary N) is 2. The fourth-order valence-electron chi connectivity index (χ4n) is 2.39. The molecule has 0 aliphatic heterocycles. The summed E-state index contributed by atoms with van der Waals surface area (Å²) in [6, 6.07) is 6.54. The van der Waals surface area contributed by atoms with E-state index in [0.29, 0.717) is 36.4 Å². The Morgan fingerprint density at radius 2 is 1.68 bits per heavy atom. The number of aliphatic carboxylic acids is 1. The predicted octanol–water partition coefficient (Wildman–Crippen LogP) is 2.86. The van der Waals surface area contributed by atoms with Crippen LogP contribution >= 0.6 is 11.6 Å². The van der Waals surface area contributed by atoms with E-state index in [9.17, 15) is 19.5 Å². The summed E-state index contributed by atoms with van der Waals surface area (Å²) < 4.78 is 0. The number of carboxylic acids is 1. The predicted molar refractivity (Wildman–Crippen MR) is 96.7 cm³/mol. The maximum Gasteiger partial charge on any atom is 0.311 e. The first kappa shape index (κ1) is 21.0. The van der Waals surface area contributed by atoms with Crippen LogP contribution in [0.2, 0.25) is 5.02 Å². The van der Waals surface area contributed by atoms with Gasteiger partial charge in [-0.15, -0.1) is 0 Å². The monoisotopic (exact) mass is 368 g/mol. The Morgan fingerprint density at radius 1 is 1.08 bits per heavy atom. The summed E-state index contributed by atoms with van der Waals surface area (Å²) in [6.45, 7) is 4.08. The van der Waals surface area contributed by atoms with E-state index in [1.54, 1.807) is 38.1 Å². The number of hydrogen-bond acceptors (Lipinski definition) is 3. The first-order chi connectivity index (χ1) is 11.8. The normalized spacial score (nSPS) is 11.0. The molecule has 1 aromatic carbocycles. The summed E-state index contributed by atoms with van der Waals surface area (Å²) in [5.41, 5.74) is -0.413. The Labute approximate surface area is 152 Å². The average molecular weight is 369 g/mol. The summed E-state index contributed by atoms with van der Waals surface area (Å²) in [4.78, 5) is 35.1. The summed E-state index contributed by atoms with van der Waals surface area (Å²) in [5, 5.41) is 15.3. The van der Waals surface area contributed by atoms with Crippen molar-refractivity contribution < 1.29 is 19.5 Å². The number of rotatable bonds is 10. The third kappa shape index (κ3) is 6.38. The molecule has 3 N–H and O–H groups in total. The SMILES string of the molecule is CCC(CC)(CNC(=O)CCCNC(=O)c1ccc(Cl)cc1)C(=O)O. The van der Waals surface area contributed by atoms with Gasteiger partial charge in [-0.1, -0.05) is 25.4 Å². The van der Waals surface area contributed by atoms with E-state index < -0.39 is 11.4 Å². The van der Waals surface area contributed by atoms with Gasteiger partial charge in [-0.2, -0.15) is 0 Å². The molecule has 0 spiro atoms. The third-order valence-corrected chi connectivity index (χ3v) is 4.66. The first-order valence-corrected chi connectivity index (χ1v) is 8.76. The maximum atomic E-state index is 11.9. The topological polar surface area (TPSA) is 95.5 Å². The fraction of sp³-hybridized carbons (Fsp3) is 0.500. The van der Waals surface area contributed by atoms with Crippen LogP contribution in [-0.4, -0.2) is 36.0 Å². The first-order valence-electron chi connectivity index (χ1n) is 8.38. The van der Waals surface area contributed by atoms with Gasteiger partial charge in [0.15, 0.2) is 0 Å². The standard InChI is InChI=1S/C18H25ClN2O4/c1-3-18(4-2,17(24)25)12-21-15(22)6-5-11-20-16(23)13-7-9-14(19)10-8-13/h7-10H,3-6,11-12H2,1-2H3,(H,20,23)(H,21,22)(H,24,25). The second-order valence-electron chi connectivity index (χ2n) is 5.94. The molecule has 7 heteroatoms. The molecule has 1 rings (SSSR count). The summed E-state index contributed by atoms with van der Waals surface area (Å²) in [5.74, 6) is -1.33. The Balaban J connectivity index is 2.31. The minimum Gasteiger partial charge on any atom is -0.481 e. The van der Waals surface area contributed by atoms with Crippen molar-refractivity contribution >= 4 is 29.4 Å². The lowest BCUT2D eigenvalue weighted by atomic mass is 9.82. The number of benzene rings is 1. The molecule has 0 fully saturated rings. The minimum atomic E-state index is -0.918. The second kappa shape index (κ2) is 10.0. The molecule has 25 heavy (non-hydrogen) atoms. The molecule has 0 heterocycles. The Hall–Kier alpha value is -2.08. The molecule has 2 amide bonds. The molecule has 0 aromatic heterocycles. The summed E-state index contributed by atoms with van der Waals surface area (Å²) in [6.07, 6.45) is 1.61. The van der Waals surface area contributed by atoms with Crippen LogP contribution in [0.15, 0.2) is 24.3 Å². The molecule has 0 aliphatic rings. The van der Waals surface area contributed by atoms with Gasteiger partial charge in [-0.3, -0.25) is 14.4 Å². The van der Waals surface area contributed by atoms with Crippen molar-refractivity contribution in [3.05, 3.63) is 34.9 Å². The minimum absolute atomic E-state index is 0.116. The molecule has 6 nitrogen and oxygen atoms in total. The van der Waals surface area contributed by atoms with Crippen LogP contribution in [0.25, 0.3) is 0 Å². The Morgan fingerprint density at radius 3 is 2.20 bits per heavy atom. The van der Waals surface area contributed by atoms with Crippen LogP contribution in [0, 0.1) is 5.41 Å². The molecular weight excluding hydrogens is 344 g/mol. The van der Waals surface area contributed by atoms with Gasteiger partial charge in [0.05, 0.1) is 5.41 Å². The fourth-order valence-corrected chi connectivity index (χ4v) is 2.51. The van der Waals surface area contributed by atoms with Crippen LogP contribution in [0.4, 0.5) is 0 Å². The van der Waals surface area contributed by atoms with E-state index >= 15 is 0 Å². The van der Waals surface area contributed by atoms with Crippen molar-refractivity contribution in [2.45, 2.75) is 39.5 Å². The van der Waals surface area contributed by atoms with E-state index in [2.05, 4.69) is 10.6 Å². The van der Waals surface area contributed by atoms with Gasteiger partial charge >= 0.3 is 5.97 Å². The lowest BCUT2D eigenvalue weighted by Gasteiger charge is -2.26. The van der Waals surface area contributed by atoms with Gasteiger partial charge < -0.3 is 15.7 Å². The lowest BCUT2D eigenvalue weighted by molar-refractivity contribution is -0.149. The highest BCUT2D eigenvalue weighted by atomic mass is 35.5. The Bertz CT molecular complexity index is 598. The van der Waals surface area contributed by atoms with E-state index in [0.717, 1.165) is 0 Å². The van der Waals surface area contributed by atoms with E-state index in [1.165, 1.54) is 0 Å². The van der Waals surface area contributed by atoms with Crippen LogP contribution in [0.5, 0.6) is 0 Å². The molecule has 1 aromatic rings. The smallest absolute Gasteiger partial charge is 0.311 e. The zero-order chi connectivity index (χ0) is 18.9. The van der Waals surface area contributed by atoms with Crippen molar-refractivity contribution in [2.24, 2.45) is 5.41 Å². The van der Waals surface area contributed by atoms with Gasteiger partial charge in [-0.05, 0) is 43.5 Å². The molecule has 138 valence electrons. The van der Waals surface area contributed by atoms with Crippen molar-refractivity contribution in [1.82, 2.24) is 10.6 Å². The zero-order valence-corrected chi connectivity index (χ0v) is 15.4. The quantitative estimate of drug-likeness (QED) is 0.553. The van der Waals surface area contributed by atoms with E-state index in [-0.39, 0.29) is 24.8 Å². The van der Waals surface area contributed by atoms with Crippen LogP contribution in [0.3, 0.4) is 0 Å². The number of carboxylic acid groups (broad SMARTS) is 1. The molecule has 0 saturated carbocycles. The lowest BCUT2D eigenvalue weighted by Crippen LogP contribution is -2.42. The molecule has 0 saturated heterocycles. The number of hydrogen-bond donors (Lipinski definition) is 3. The second-order valence-corrected chi connectivity index (χ2v) is 6.37. The maximum absolute atomic E-state index is 11.9. The van der Waals surface area contributed by atoms with Crippen molar-refractivity contribution in [2.75, 3.05) is 13.1 Å². The van der Waals surface area contributed by atoms with Crippen molar-refractivity contribution in [3.63, 3.8) is 0 Å². The number of carbonyl (C=O) groups excluding carboxylic acids is 2. The van der Waals surface area contributed by atoms with Gasteiger partial charge in [0.2, 0.25) is 5.91 Å². The van der Waals surface area contributed by atoms with E-state index in [4.69, 9.17) is 11.6 Å². The molecular formula is C18H25ClN2O4. The zero-order valence-electron chi connectivity index (χ0n) is 14.6. The number of amides is 2. The van der Waals surface area contributed by atoms with Crippen molar-refractivity contribution in [1.29, 1.82) is 0 Å². The highest BCUT2D eigenvalue weighted by Gasteiger charge is 2.34. The largest absolute Gasteiger partial charge is 0.481 e. The number of halogens is 1. The van der Waals surface area contributed by atoms with Gasteiger partial charge in [0.1, 0.15) is 0 Å². The van der Waals surface area contributed by atoms with Gasteiger partial charge in [0.25, 0.3) is 5.91 Å². The molecule has 0 radical (unpaired) electrons. The van der Waals surface area contributed by atoms with Crippen LogP contribution in [-0.2, 0) is 9.59 Å². The average Bonchev–Trinajstić information content (AvgIpc) is 2.60. The Kier molecular flexibility index (Phi) is 8.41. The summed E-state index contributed by atoms with van der Waals surface area (Å²) >= 11 is 5.77. The molecule has 0 aliphatic carbocycles. The highest BCUT2D eigenvalue weighted by Crippen LogP contribution is 2.25. The van der Waals surface area contributed by atoms with Gasteiger partial charge in [-0.25, -0.2) is 0 Å². The third-order valence-electron chi connectivity index (χ3n) is 4.40. The highest BCUT2D eigenvalue weighted by molar-refractivity contribution is 6.30.